The van der Waals surface area contributed by atoms with Gasteiger partial charge in [-0.3, -0.25) is 0 Å². The lowest BCUT2D eigenvalue weighted by Gasteiger charge is -2.11. The molecule has 0 fully saturated rings. The van der Waals surface area contributed by atoms with E-state index in [9.17, 15) is 8.42 Å². The van der Waals surface area contributed by atoms with Crippen LogP contribution in [-0.2, 0) is 16.6 Å². The molecule has 0 heterocycles. The molecule has 0 aliphatic heterocycles. The largest absolute Gasteiger partial charge is 0.491 e. The second-order valence-electron chi connectivity index (χ2n) is 5.67. The van der Waals surface area contributed by atoms with Crippen molar-refractivity contribution in [1.82, 2.24) is 4.72 Å². The second kappa shape index (κ2) is 8.00. The quantitative estimate of drug-likeness (QED) is 0.513. The topological polar surface area (TPSA) is 120 Å². The molecule has 0 aliphatic carbocycles. The highest BCUT2D eigenvalue weighted by atomic mass is 32.2. The van der Waals surface area contributed by atoms with Crippen molar-refractivity contribution in [2.45, 2.75) is 31.4 Å². The van der Waals surface area contributed by atoms with Gasteiger partial charge in [0.15, 0.2) is 5.96 Å². The van der Waals surface area contributed by atoms with Crippen LogP contribution >= 0.6 is 0 Å². The Labute approximate surface area is 147 Å². The monoisotopic (exact) mass is 362 g/mol. The van der Waals surface area contributed by atoms with Crippen molar-refractivity contribution < 1.29 is 13.2 Å². The van der Waals surface area contributed by atoms with Crippen LogP contribution in [0, 0.1) is 0 Å². The fourth-order valence-corrected chi connectivity index (χ4v) is 3.09. The molecule has 25 heavy (non-hydrogen) atoms. The summed E-state index contributed by atoms with van der Waals surface area (Å²) in [5, 5.41) is 0. The molecular weight excluding hydrogens is 340 g/mol. The summed E-state index contributed by atoms with van der Waals surface area (Å²) < 4.78 is 32.8. The number of benzene rings is 2. The van der Waals surface area contributed by atoms with Crippen molar-refractivity contribution in [2.24, 2.45) is 16.5 Å². The summed E-state index contributed by atoms with van der Waals surface area (Å²) in [5.41, 5.74) is 11.9. The van der Waals surface area contributed by atoms with Crippen LogP contribution in [0.15, 0.2) is 58.4 Å². The van der Waals surface area contributed by atoms with E-state index in [1.807, 2.05) is 38.1 Å². The van der Waals surface area contributed by atoms with Gasteiger partial charge in [-0.15, -0.1) is 0 Å². The third-order valence-electron chi connectivity index (χ3n) is 3.17. The molecule has 0 bridgehead atoms. The predicted molar refractivity (Wildman–Crippen MR) is 98.1 cm³/mol. The fraction of sp³-hybridized carbons (Fsp3) is 0.235. The summed E-state index contributed by atoms with van der Waals surface area (Å²) in [4.78, 5) is 3.99. The van der Waals surface area contributed by atoms with Crippen LogP contribution in [0.4, 0.5) is 5.69 Å². The van der Waals surface area contributed by atoms with Crippen LogP contribution in [0.5, 0.6) is 5.75 Å². The first kappa shape index (κ1) is 18.8. The summed E-state index contributed by atoms with van der Waals surface area (Å²) in [7, 11) is -3.63. The first-order valence-electron chi connectivity index (χ1n) is 7.71. The minimum absolute atomic E-state index is 0.0846. The van der Waals surface area contributed by atoms with E-state index in [0.29, 0.717) is 5.69 Å². The number of ether oxygens (including phenoxy) is 1. The predicted octanol–water partition coefficient (Wildman–Crippen LogP) is 1.86. The Morgan fingerprint density at radius 1 is 1.08 bits per heavy atom. The van der Waals surface area contributed by atoms with Gasteiger partial charge in [0.1, 0.15) is 5.75 Å². The minimum Gasteiger partial charge on any atom is -0.491 e. The third-order valence-corrected chi connectivity index (χ3v) is 4.58. The second-order valence-corrected chi connectivity index (χ2v) is 7.43. The molecule has 8 heteroatoms. The average Bonchev–Trinajstić information content (AvgIpc) is 2.54. The van der Waals surface area contributed by atoms with E-state index in [1.54, 1.807) is 0 Å². The van der Waals surface area contributed by atoms with Crippen LogP contribution in [0.25, 0.3) is 0 Å². The SMILES string of the molecule is CC(C)Oc1ccc(CNS(=O)(=O)c2ccc(N=C(N)N)cc2)cc1. The summed E-state index contributed by atoms with van der Waals surface area (Å²) in [6.45, 7) is 4.07. The number of hydrogen-bond acceptors (Lipinski definition) is 4. The highest BCUT2D eigenvalue weighted by Crippen LogP contribution is 2.17. The number of nitrogens with zero attached hydrogens (tertiary/aromatic N) is 1. The van der Waals surface area contributed by atoms with Gasteiger partial charge in [0.2, 0.25) is 10.0 Å². The first-order valence-corrected chi connectivity index (χ1v) is 9.19. The highest BCUT2D eigenvalue weighted by Gasteiger charge is 2.13. The minimum atomic E-state index is -3.63. The summed E-state index contributed by atoms with van der Waals surface area (Å²) in [6, 6.07) is 13.2. The maximum atomic E-state index is 12.3. The lowest BCUT2D eigenvalue weighted by Crippen LogP contribution is -2.23. The van der Waals surface area contributed by atoms with E-state index in [2.05, 4.69) is 9.71 Å². The molecule has 0 aliphatic rings. The van der Waals surface area contributed by atoms with Gasteiger partial charge >= 0.3 is 0 Å². The van der Waals surface area contributed by atoms with Crippen molar-refractivity contribution in [3.63, 3.8) is 0 Å². The fourth-order valence-electron chi connectivity index (χ4n) is 2.07. The molecule has 0 saturated heterocycles. The Balaban J connectivity index is 2.02. The van der Waals surface area contributed by atoms with E-state index in [1.165, 1.54) is 24.3 Å². The number of nitrogens with two attached hydrogens (primary N) is 2. The first-order chi connectivity index (χ1) is 11.8. The number of guanidine groups is 1. The lowest BCUT2D eigenvalue weighted by molar-refractivity contribution is 0.242. The third kappa shape index (κ3) is 5.77. The van der Waals surface area contributed by atoms with Crippen molar-refractivity contribution in [3.05, 3.63) is 54.1 Å². The van der Waals surface area contributed by atoms with Crippen LogP contribution in [0.1, 0.15) is 19.4 Å². The molecule has 0 atom stereocenters. The van der Waals surface area contributed by atoms with Crippen LogP contribution in [0.3, 0.4) is 0 Å². The van der Waals surface area contributed by atoms with Gasteiger partial charge in [-0.1, -0.05) is 12.1 Å². The molecule has 2 aromatic rings. The molecule has 0 aromatic heterocycles. The van der Waals surface area contributed by atoms with Gasteiger partial charge in [-0.25, -0.2) is 18.1 Å². The van der Waals surface area contributed by atoms with Crippen molar-refractivity contribution in [1.29, 1.82) is 0 Å². The zero-order valence-corrected chi connectivity index (χ0v) is 15.0. The number of aliphatic imine (C=N–C) groups is 1. The van der Waals surface area contributed by atoms with Gasteiger partial charge in [0.05, 0.1) is 16.7 Å². The summed E-state index contributed by atoms with van der Waals surface area (Å²) in [6.07, 6.45) is 0.0891. The van der Waals surface area contributed by atoms with Crippen LogP contribution in [0.2, 0.25) is 0 Å². The number of sulfonamides is 1. The standard InChI is InChI=1S/C17H22N4O3S/c1-12(2)24-15-7-3-13(4-8-15)11-20-25(22,23)16-9-5-14(6-10-16)21-17(18)19/h3-10,12,20H,11H2,1-2H3,(H4,18,19,21). The van der Waals surface area contributed by atoms with E-state index >= 15 is 0 Å². The van der Waals surface area contributed by atoms with Gasteiger partial charge in [-0.2, -0.15) is 0 Å². The molecule has 134 valence electrons. The molecule has 0 amide bonds. The van der Waals surface area contributed by atoms with Crippen LogP contribution in [-0.4, -0.2) is 20.5 Å². The van der Waals surface area contributed by atoms with Crippen molar-refractivity contribution in [2.75, 3.05) is 0 Å². The molecule has 0 radical (unpaired) electrons. The van der Waals surface area contributed by atoms with Gasteiger partial charge in [0.25, 0.3) is 0 Å². The molecule has 0 spiro atoms. The van der Waals surface area contributed by atoms with Gasteiger partial charge in [-0.05, 0) is 55.8 Å². The van der Waals surface area contributed by atoms with E-state index in [4.69, 9.17) is 16.2 Å². The Hall–Kier alpha value is -2.58. The normalized spacial score (nSPS) is 11.3. The lowest BCUT2D eigenvalue weighted by atomic mass is 10.2. The molecule has 2 rings (SSSR count). The van der Waals surface area contributed by atoms with Crippen molar-refractivity contribution >= 4 is 21.7 Å². The maximum absolute atomic E-state index is 12.3. The van der Waals surface area contributed by atoms with E-state index in [-0.39, 0.29) is 23.5 Å². The zero-order chi connectivity index (χ0) is 18.4. The number of nitrogens with one attached hydrogen (secondary N) is 1. The average molecular weight is 362 g/mol. The van der Waals surface area contributed by atoms with Gasteiger partial charge < -0.3 is 16.2 Å². The molecule has 0 saturated carbocycles. The van der Waals surface area contributed by atoms with Gasteiger partial charge in [0, 0.05) is 6.54 Å². The maximum Gasteiger partial charge on any atom is 0.240 e. The van der Waals surface area contributed by atoms with E-state index < -0.39 is 10.0 Å². The molecule has 0 unspecified atom stereocenters. The Bertz CT molecular complexity index is 825. The Kier molecular flexibility index (Phi) is 6.00. The number of rotatable bonds is 7. The molecule has 5 N–H and O–H groups in total. The van der Waals surface area contributed by atoms with Crippen molar-refractivity contribution in [3.8, 4) is 5.75 Å². The summed E-state index contributed by atoms with van der Waals surface area (Å²) in [5.74, 6) is 0.663. The zero-order valence-electron chi connectivity index (χ0n) is 14.1. The van der Waals surface area contributed by atoms with E-state index in [0.717, 1.165) is 11.3 Å². The smallest absolute Gasteiger partial charge is 0.240 e. The molecule has 7 nitrogen and oxygen atoms in total. The summed E-state index contributed by atoms with van der Waals surface area (Å²) >= 11 is 0. The highest BCUT2D eigenvalue weighted by molar-refractivity contribution is 7.89. The van der Waals surface area contributed by atoms with Crippen LogP contribution < -0.4 is 20.9 Å². The number of hydrogen-bond donors (Lipinski definition) is 3. The Morgan fingerprint density at radius 2 is 1.68 bits per heavy atom. The Morgan fingerprint density at radius 3 is 2.20 bits per heavy atom. The molecular formula is C17H22N4O3S. The molecule has 2 aromatic carbocycles.